The second kappa shape index (κ2) is 3.77. The SMILES string of the molecule is O=C(O)c1cc2ccccc2c2nc3cccnc3n12. The summed E-state index contributed by atoms with van der Waals surface area (Å²) in [5.74, 6) is -0.995. The Morgan fingerprint density at radius 2 is 1.95 bits per heavy atom. The predicted octanol–water partition coefficient (Wildman–Crippen LogP) is 2.73. The molecule has 20 heavy (non-hydrogen) atoms. The molecule has 0 amide bonds. The first-order valence-corrected chi connectivity index (χ1v) is 6.14. The average Bonchev–Trinajstić information content (AvgIpc) is 2.86. The fourth-order valence-electron chi connectivity index (χ4n) is 2.52. The van der Waals surface area contributed by atoms with Crippen LogP contribution < -0.4 is 0 Å². The first-order valence-electron chi connectivity index (χ1n) is 6.14. The van der Waals surface area contributed by atoms with Gasteiger partial charge in [-0.15, -0.1) is 0 Å². The summed E-state index contributed by atoms with van der Waals surface area (Å²) in [7, 11) is 0. The predicted molar refractivity (Wildman–Crippen MR) is 75.0 cm³/mol. The molecule has 3 heterocycles. The molecule has 0 radical (unpaired) electrons. The normalized spacial score (nSPS) is 11.4. The average molecular weight is 263 g/mol. The quantitative estimate of drug-likeness (QED) is 0.573. The minimum atomic E-state index is -0.995. The van der Waals surface area contributed by atoms with Gasteiger partial charge in [0.15, 0.2) is 5.65 Å². The lowest BCUT2D eigenvalue weighted by atomic mass is 10.1. The zero-order chi connectivity index (χ0) is 13.7. The summed E-state index contributed by atoms with van der Waals surface area (Å²) in [6, 6.07) is 12.9. The second-order valence-electron chi connectivity index (χ2n) is 4.54. The van der Waals surface area contributed by atoms with E-state index in [0.717, 1.165) is 10.8 Å². The Bertz CT molecular complexity index is 988. The van der Waals surface area contributed by atoms with Gasteiger partial charge in [-0.1, -0.05) is 24.3 Å². The molecule has 1 aromatic carbocycles. The summed E-state index contributed by atoms with van der Waals surface area (Å²) in [4.78, 5) is 20.3. The highest BCUT2D eigenvalue weighted by molar-refractivity contribution is 6.02. The summed E-state index contributed by atoms with van der Waals surface area (Å²) >= 11 is 0. The van der Waals surface area contributed by atoms with Crippen molar-refractivity contribution in [1.29, 1.82) is 0 Å². The highest BCUT2D eigenvalue weighted by atomic mass is 16.4. The number of pyridine rings is 2. The van der Waals surface area contributed by atoms with E-state index < -0.39 is 5.97 Å². The number of fused-ring (bicyclic) bond motifs is 5. The summed E-state index contributed by atoms with van der Waals surface area (Å²) in [6.45, 7) is 0. The van der Waals surface area contributed by atoms with E-state index in [2.05, 4.69) is 9.97 Å². The lowest BCUT2D eigenvalue weighted by molar-refractivity contribution is 0.0689. The summed E-state index contributed by atoms with van der Waals surface area (Å²) < 4.78 is 1.60. The molecular formula is C15H9N3O2. The van der Waals surface area contributed by atoms with Crippen molar-refractivity contribution >= 4 is 33.6 Å². The van der Waals surface area contributed by atoms with Crippen LogP contribution in [0.1, 0.15) is 10.5 Å². The molecule has 0 aliphatic heterocycles. The van der Waals surface area contributed by atoms with Gasteiger partial charge in [0, 0.05) is 11.6 Å². The highest BCUT2D eigenvalue weighted by Crippen LogP contribution is 2.25. The zero-order valence-corrected chi connectivity index (χ0v) is 10.3. The third-order valence-corrected chi connectivity index (χ3v) is 3.37. The van der Waals surface area contributed by atoms with Crippen molar-refractivity contribution in [2.75, 3.05) is 0 Å². The molecule has 0 fully saturated rings. The molecule has 5 nitrogen and oxygen atoms in total. The Balaban J connectivity index is 2.36. The van der Waals surface area contributed by atoms with Crippen molar-refractivity contribution in [3.8, 4) is 0 Å². The molecule has 0 saturated heterocycles. The van der Waals surface area contributed by atoms with Crippen LogP contribution in [0.25, 0.3) is 27.6 Å². The lowest BCUT2D eigenvalue weighted by Crippen LogP contribution is -2.05. The fraction of sp³-hybridized carbons (Fsp3) is 0. The van der Waals surface area contributed by atoms with Gasteiger partial charge in [-0.05, 0) is 23.6 Å². The molecule has 3 aromatic heterocycles. The molecule has 0 aliphatic rings. The van der Waals surface area contributed by atoms with Gasteiger partial charge < -0.3 is 5.11 Å². The van der Waals surface area contributed by atoms with Crippen molar-refractivity contribution in [3.63, 3.8) is 0 Å². The standard InChI is InChI=1S/C15H9N3O2/c19-15(20)12-8-9-4-1-2-5-10(9)13-17-11-6-3-7-16-14(11)18(12)13/h1-8H,(H,19,20). The molecule has 0 bridgehead atoms. The van der Waals surface area contributed by atoms with E-state index in [-0.39, 0.29) is 5.69 Å². The van der Waals surface area contributed by atoms with Crippen LogP contribution in [0, 0.1) is 0 Å². The zero-order valence-electron chi connectivity index (χ0n) is 10.3. The van der Waals surface area contributed by atoms with Crippen LogP contribution in [-0.4, -0.2) is 25.4 Å². The second-order valence-corrected chi connectivity index (χ2v) is 4.54. The van der Waals surface area contributed by atoms with Crippen molar-refractivity contribution in [1.82, 2.24) is 14.4 Å². The Morgan fingerprint density at radius 1 is 1.10 bits per heavy atom. The molecular weight excluding hydrogens is 254 g/mol. The molecule has 4 aromatic rings. The maximum Gasteiger partial charge on any atom is 0.352 e. The van der Waals surface area contributed by atoms with Gasteiger partial charge in [-0.2, -0.15) is 0 Å². The largest absolute Gasteiger partial charge is 0.477 e. The molecule has 0 aliphatic carbocycles. The molecule has 1 N–H and O–H groups in total. The molecule has 0 atom stereocenters. The van der Waals surface area contributed by atoms with Crippen molar-refractivity contribution < 1.29 is 9.90 Å². The minimum Gasteiger partial charge on any atom is -0.477 e. The monoisotopic (exact) mass is 263 g/mol. The van der Waals surface area contributed by atoms with Gasteiger partial charge in [0.2, 0.25) is 0 Å². The van der Waals surface area contributed by atoms with Gasteiger partial charge in [0.05, 0.1) is 0 Å². The first kappa shape index (κ1) is 10.9. The number of carboxylic acid groups (broad SMARTS) is 1. The van der Waals surface area contributed by atoms with Gasteiger partial charge in [-0.25, -0.2) is 14.8 Å². The van der Waals surface area contributed by atoms with E-state index in [1.165, 1.54) is 0 Å². The molecule has 0 unspecified atom stereocenters. The molecule has 0 saturated carbocycles. The van der Waals surface area contributed by atoms with Crippen LogP contribution in [0.5, 0.6) is 0 Å². The number of hydrogen-bond acceptors (Lipinski definition) is 3. The van der Waals surface area contributed by atoms with E-state index in [0.29, 0.717) is 16.8 Å². The number of rotatable bonds is 1. The van der Waals surface area contributed by atoms with Crippen molar-refractivity contribution in [2.24, 2.45) is 0 Å². The van der Waals surface area contributed by atoms with Crippen LogP contribution in [-0.2, 0) is 0 Å². The van der Waals surface area contributed by atoms with E-state index in [4.69, 9.17) is 0 Å². The smallest absolute Gasteiger partial charge is 0.352 e. The maximum absolute atomic E-state index is 11.5. The summed E-state index contributed by atoms with van der Waals surface area (Å²) in [6.07, 6.45) is 1.64. The summed E-state index contributed by atoms with van der Waals surface area (Å²) in [5.41, 5.74) is 2.03. The number of carboxylic acids is 1. The first-order chi connectivity index (χ1) is 9.75. The van der Waals surface area contributed by atoms with Gasteiger partial charge in [0.1, 0.15) is 16.9 Å². The van der Waals surface area contributed by atoms with E-state index in [1.807, 2.05) is 30.3 Å². The van der Waals surface area contributed by atoms with Crippen LogP contribution in [0.15, 0.2) is 48.7 Å². The summed E-state index contributed by atoms with van der Waals surface area (Å²) in [5, 5.41) is 11.2. The van der Waals surface area contributed by atoms with Gasteiger partial charge in [-0.3, -0.25) is 4.40 Å². The Hall–Kier alpha value is -2.95. The van der Waals surface area contributed by atoms with E-state index in [9.17, 15) is 9.90 Å². The van der Waals surface area contributed by atoms with Crippen LogP contribution in [0.4, 0.5) is 0 Å². The number of aromatic nitrogens is 3. The fourth-order valence-corrected chi connectivity index (χ4v) is 2.52. The number of benzene rings is 1. The number of aromatic carboxylic acids is 1. The van der Waals surface area contributed by atoms with Crippen LogP contribution >= 0.6 is 0 Å². The van der Waals surface area contributed by atoms with Crippen LogP contribution in [0.2, 0.25) is 0 Å². The molecule has 96 valence electrons. The third-order valence-electron chi connectivity index (χ3n) is 3.37. The molecule has 0 spiro atoms. The molecule has 4 rings (SSSR count). The number of nitrogens with zero attached hydrogens (tertiary/aromatic N) is 3. The van der Waals surface area contributed by atoms with Gasteiger partial charge in [0.25, 0.3) is 0 Å². The van der Waals surface area contributed by atoms with E-state index >= 15 is 0 Å². The Labute approximate surface area is 113 Å². The highest BCUT2D eigenvalue weighted by Gasteiger charge is 2.16. The van der Waals surface area contributed by atoms with Crippen molar-refractivity contribution in [3.05, 3.63) is 54.4 Å². The lowest BCUT2D eigenvalue weighted by Gasteiger charge is -2.05. The topological polar surface area (TPSA) is 67.5 Å². The number of hydrogen-bond donors (Lipinski definition) is 1. The third kappa shape index (κ3) is 1.34. The van der Waals surface area contributed by atoms with Gasteiger partial charge >= 0.3 is 5.97 Å². The number of imidazole rings is 1. The minimum absolute atomic E-state index is 0.167. The van der Waals surface area contributed by atoms with Crippen LogP contribution in [0.3, 0.4) is 0 Å². The van der Waals surface area contributed by atoms with E-state index in [1.54, 1.807) is 22.7 Å². The van der Waals surface area contributed by atoms with Crippen molar-refractivity contribution in [2.45, 2.75) is 0 Å². The Kier molecular flexibility index (Phi) is 2.06. The number of carbonyl (C=O) groups is 1. The maximum atomic E-state index is 11.5. The Morgan fingerprint density at radius 3 is 2.80 bits per heavy atom. The molecule has 5 heteroatoms.